The van der Waals surface area contributed by atoms with Gasteiger partial charge in [0.15, 0.2) is 0 Å². The van der Waals surface area contributed by atoms with Crippen LogP contribution >= 0.6 is 0 Å². The van der Waals surface area contributed by atoms with Crippen LogP contribution in [-0.4, -0.2) is 18.0 Å². The quantitative estimate of drug-likeness (QED) is 0.701. The number of hydrogen-bond acceptors (Lipinski definition) is 2. The zero-order valence-electron chi connectivity index (χ0n) is 14.5. The lowest BCUT2D eigenvalue weighted by molar-refractivity contribution is -0.121. The van der Waals surface area contributed by atoms with E-state index in [-0.39, 0.29) is 17.6 Å². The maximum atomic E-state index is 14.0. The van der Waals surface area contributed by atoms with Crippen LogP contribution in [0.1, 0.15) is 22.6 Å². The molecule has 4 heteroatoms. The highest BCUT2D eigenvalue weighted by atomic mass is 19.1. The Morgan fingerprint density at radius 1 is 0.923 bits per heavy atom. The number of amides is 1. The van der Waals surface area contributed by atoms with Crippen LogP contribution in [0.4, 0.5) is 10.1 Å². The summed E-state index contributed by atoms with van der Waals surface area (Å²) in [5.74, 6) is -0.620. The van der Waals surface area contributed by atoms with Crippen molar-refractivity contribution >= 4 is 11.6 Å². The van der Waals surface area contributed by atoms with Gasteiger partial charge in [0.05, 0.1) is 11.6 Å². The highest BCUT2D eigenvalue weighted by molar-refractivity contribution is 6.06. The third-order valence-electron chi connectivity index (χ3n) is 4.76. The number of para-hydroxylation sites is 1. The van der Waals surface area contributed by atoms with E-state index in [1.165, 1.54) is 6.07 Å². The van der Waals surface area contributed by atoms with Crippen LogP contribution in [-0.2, 0) is 11.3 Å². The second-order valence-electron chi connectivity index (χ2n) is 6.46. The van der Waals surface area contributed by atoms with E-state index in [0.29, 0.717) is 12.1 Å². The second kappa shape index (κ2) is 6.73. The number of nitrogens with zero attached hydrogens (tertiary/aromatic N) is 2. The number of halogens is 1. The van der Waals surface area contributed by atoms with Crippen LogP contribution in [0.25, 0.3) is 0 Å². The van der Waals surface area contributed by atoms with E-state index in [1.807, 2.05) is 61.6 Å². The molecule has 4 rings (SSSR count). The zero-order chi connectivity index (χ0) is 18.1. The molecule has 130 valence electrons. The number of rotatable bonds is 4. The Labute approximate surface area is 152 Å². The predicted molar refractivity (Wildman–Crippen MR) is 100 cm³/mol. The van der Waals surface area contributed by atoms with Gasteiger partial charge in [-0.2, -0.15) is 0 Å². The number of anilines is 1. The van der Waals surface area contributed by atoms with Crippen molar-refractivity contribution in [2.24, 2.45) is 0 Å². The molecule has 0 radical (unpaired) electrons. The van der Waals surface area contributed by atoms with E-state index in [2.05, 4.69) is 0 Å². The lowest BCUT2D eigenvalue weighted by Crippen LogP contribution is -2.42. The Hall–Kier alpha value is -2.98. The topological polar surface area (TPSA) is 23.6 Å². The molecule has 1 aliphatic heterocycles. The highest BCUT2D eigenvalue weighted by Gasteiger charge is 2.40. The van der Waals surface area contributed by atoms with Gasteiger partial charge in [-0.1, -0.05) is 66.7 Å². The summed E-state index contributed by atoms with van der Waals surface area (Å²) in [6.45, 7) is 0.314. The van der Waals surface area contributed by atoms with Crippen molar-refractivity contribution < 1.29 is 9.18 Å². The van der Waals surface area contributed by atoms with Gasteiger partial charge >= 0.3 is 0 Å². The van der Waals surface area contributed by atoms with Gasteiger partial charge in [0, 0.05) is 19.2 Å². The molecule has 0 bridgehead atoms. The van der Waals surface area contributed by atoms with E-state index >= 15 is 0 Å². The zero-order valence-corrected chi connectivity index (χ0v) is 14.5. The van der Waals surface area contributed by atoms with E-state index in [1.54, 1.807) is 28.2 Å². The predicted octanol–water partition coefficient (Wildman–Crippen LogP) is 4.35. The number of hydrazine groups is 1. The van der Waals surface area contributed by atoms with E-state index in [0.717, 1.165) is 16.8 Å². The third-order valence-corrected chi connectivity index (χ3v) is 4.76. The summed E-state index contributed by atoms with van der Waals surface area (Å²) in [6, 6.07) is 24.2. The fraction of sp³-hybridized carbons (Fsp3) is 0.136. The lowest BCUT2D eigenvalue weighted by Gasteiger charge is -2.29. The molecule has 3 nitrogen and oxygen atoms in total. The van der Waals surface area contributed by atoms with Crippen LogP contribution < -0.4 is 5.01 Å². The molecule has 0 aromatic heterocycles. The van der Waals surface area contributed by atoms with Crippen LogP contribution in [0.15, 0.2) is 78.9 Å². The number of carbonyl (C=O) groups is 1. The summed E-state index contributed by atoms with van der Waals surface area (Å²) in [6.07, 6.45) is 0. The van der Waals surface area contributed by atoms with Crippen LogP contribution in [0.2, 0.25) is 0 Å². The van der Waals surface area contributed by atoms with Crippen LogP contribution in [0.5, 0.6) is 0 Å². The Morgan fingerprint density at radius 2 is 1.58 bits per heavy atom. The van der Waals surface area contributed by atoms with Gasteiger partial charge in [0.2, 0.25) is 0 Å². The normalized spacial score (nSPS) is 16.2. The molecule has 0 fully saturated rings. The summed E-state index contributed by atoms with van der Waals surface area (Å²) >= 11 is 0. The Balaban J connectivity index is 1.71. The molecule has 0 N–H and O–H groups in total. The van der Waals surface area contributed by atoms with Gasteiger partial charge in [-0.15, -0.1) is 0 Å². The minimum Gasteiger partial charge on any atom is -0.272 e. The molecule has 0 aliphatic carbocycles. The van der Waals surface area contributed by atoms with Crippen molar-refractivity contribution in [2.75, 3.05) is 12.1 Å². The lowest BCUT2D eigenvalue weighted by atomic mass is 9.93. The maximum Gasteiger partial charge on any atom is 0.253 e. The Bertz CT molecular complexity index is 942. The molecule has 26 heavy (non-hydrogen) atoms. The highest BCUT2D eigenvalue weighted by Crippen LogP contribution is 2.41. The minimum atomic E-state index is -0.338. The molecule has 0 saturated carbocycles. The molecule has 0 spiro atoms. The molecule has 0 saturated heterocycles. The SMILES string of the molecule is CN(Cc1ccccc1F)N1C(=O)[C@@H](c2ccccc2)c2ccccc21. The summed E-state index contributed by atoms with van der Waals surface area (Å²) < 4.78 is 14.0. The van der Waals surface area contributed by atoms with Crippen molar-refractivity contribution in [3.05, 3.63) is 101 Å². The summed E-state index contributed by atoms with van der Waals surface area (Å²) in [5, 5.41) is 3.45. The first-order valence-corrected chi connectivity index (χ1v) is 8.59. The number of hydrogen-bond donors (Lipinski definition) is 0. The number of carbonyl (C=O) groups excluding carboxylic acids is 1. The average molecular weight is 346 g/mol. The van der Waals surface area contributed by atoms with Gasteiger partial charge in [-0.3, -0.25) is 4.79 Å². The molecule has 0 unspecified atom stereocenters. The van der Waals surface area contributed by atoms with E-state index in [9.17, 15) is 9.18 Å². The first-order valence-electron chi connectivity index (χ1n) is 8.59. The van der Waals surface area contributed by atoms with Gasteiger partial charge < -0.3 is 0 Å². The minimum absolute atomic E-state index is 0.0174. The molecular formula is C22H19FN2O. The Morgan fingerprint density at radius 3 is 2.35 bits per heavy atom. The van der Waals surface area contributed by atoms with E-state index in [4.69, 9.17) is 0 Å². The van der Waals surface area contributed by atoms with E-state index < -0.39 is 0 Å². The smallest absolute Gasteiger partial charge is 0.253 e. The largest absolute Gasteiger partial charge is 0.272 e. The van der Waals surface area contributed by atoms with Gasteiger partial charge in [-0.25, -0.2) is 14.4 Å². The molecule has 1 heterocycles. The third kappa shape index (κ3) is 2.78. The fourth-order valence-corrected chi connectivity index (χ4v) is 3.56. The average Bonchev–Trinajstić information content (AvgIpc) is 2.96. The van der Waals surface area contributed by atoms with Crippen molar-refractivity contribution in [3.63, 3.8) is 0 Å². The first kappa shape index (κ1) is 16.5. The molecule has 3 aromatic rings. The Kier molecular flexibility index (Phi) is 4.27. The summed E-state index contributed by atoms with van der Waals surface area (Å²) in [7, 11) is 1.81. The second-order valence-corrected chi connectivity index (χ2v) is 6.46. The molecule has 1 atom stereocenters. The summed E-state index contributed by atoms with van der Waals surface area (Å²) in [5.41, 5.74) is 3.35. The van der Waals surface area contributed by atoms with Gasteiger partial charge in [0.25, 0.3) is 5.91 Å². The maximum absolute atomic E-state index is 14.0. The number of fused-ring (bicyclic) bond motifs is 1. The van der Waals surface area contributed by atoms with Gasteiger partial charge in [0.1, 0.15) is 5.82 Å². The van der Waals surface area contributed by atoms with Crippen LogP contribution in [0.3, 0.4) is 0 Å². The molecule has 3 aromatic carbocycles. The first-order chi connectivity index (χ1) is 12.7. The molecular weight excluding hydrogens is 327 g/mol. The fourth-order valence-electron chi connectivity index (χ4n) is 3.56. The standard InChI is InChI=1S/C22H19FN2O/c1-24(15-17-11-5-7-13-19(17)23)25-20-14-8-6-12-18(20)21(22(25)26)16-9-3-2-4-10-16/h2-14,21H,15H2,1H3/t21-/m0/s1. The van der Waals surface area contributed by atoms with Crippen molar-refractivity contribution in [1.82, 2.24) is 5.01 Å². The van der Waals surface area contributed by atoms with Crippen LogP contribution in [0, 0.1) is 5.82 Å². The molecule has 1 aliphatic rings. The van der Waals surface area contributed by atoms with Crippen molar-refractivity contribution in [2.45, 2.75) is 12.5 Å². The van der Waals surface area contributed by atoms with Crippen molar-refractivity contribution in [3.8, 4) is 0 Å². The van der Waals surface area contributed by atoms with Crippen molar-refractivity contribution in [1.29, 1.82) is 0 Å². The summed E-state index contributed by atoms with van der Waals surface area (Å²) in [4.78, 5) is 13.3. The molecule has 1 amide bonds. The van der Waals surface area contributed by atoms with Gasteiger partial charge in [-0.05, 0) is 23.3 Å². The number of benzene rings is 3. The monoisotopic (exact) mass is 346 g/mol.